The largest absolute Gasteiger partial charge is 0.489 e. The summed E-state index contributed by atoms with van der Waals surface area (Å²) in [5, 5.41) is 0. The summed E-state index contributed by atoms with van der Waals surface area (Å²) < 4.78 is 5.80. The highest BCUT2D eigenvalue weighted by atomic mass is 16.5. The van der Waals surface area contributed by atoms with Gasteiger partial charge in [0.1, 0.15) is 11.4 Å². The van der Waals surface area contributed by atoms with Crippen LogP contribution in [0.25, 0.3) is 0 Å². The minimum atomic E-state index is -0.506. The molecule has 1 heterocycles. The van der Waals surface area contributed by atoms with E-state index in [0.29, 0.717) is 6.10 Å². The van der Waals surface area contributed by atoms with E-state index in [4.69, 9.17) is 10.5 Å². The van der Waals surface area contributed by atoms with Crippen molar-refractivity contribution in [2.75, 3.05) is 0 Å². The quantitative estimate of drug-likeness (QED) is 0.870. The Labute approximate surface area is 101 Å². The van der Waals surface area contributed by atoms with Crippen molar-refractivity contribution in [1.29, 1.82) is 0 Å². The van der Waals surface area contributed by atoms with E-state index >= 15 is 0 Å². The first-order valence-electron chi connectivity index (χ1n) is 5.85. The average Bonchev–Trinajstić information content (AvgIpc) is 3.00. The van der Waals surface area contributed by atoms with E-state index in [1.807, 2.05) is 0 Å². The number of aromatic nitrogens is 1. The summed E-state index contributed by atoms with van der Waals surface area (Å²) in [6.45, 7) is 6.23. The molecule has 2 rings (SSSR count). The van der Waals surface area contributed by atoms with E-state index in [-0.39, 0.29) is 11.1 Å². The lowest BCUT2D eigenvalue weighted by molar-refractivity contribution is 0.0995. The molecule has 0 atom stereocenters. The summed E-state index contributed by atoms with van der Waals surface area (Å²) in [4.78, 5) is 15.2. The molecular weight excluding hydrogens is 216 g/mol. The van der Waals surface area contributed by atoms with E-state index in [1.54, 1.807) is 12.3 Å². The van der Waals surface area contributed by atoms with E-state index < -0.39 is 5.91 Å². The highest BCUT2D eigenvalue weighted by molar-refractivity contribution is 5.91. The smallest absolute Gasteiger partial charge is 0.267 e. The number of carbonyl (C=O) groups excluding carboxylic acids is 1. The lowest BCUT2D eigenvalue weighted by Crippen LogP contribution is -2.19. The van der Waals surface area contributed by atoms with Crippen molar-refractivity contribution in [3.05, 3.63) is 23.5 Å². The van der Waals surface area contributed by atoms with Gasteiger partial charge in [-0.25, -0.2) is 4.98 Å². The maximum atomic E-state index is 11.1. The number of amides is 1. The topological polar surface area (TPSA) is 65.2 Å². The first-order chi connectivity index (χ1) is 7.88. The van der Waals surface area contributed by atoms with Crippen molar-refractivity contribution in [2.45, 2.75) is 45.1 Å². The maximum absolute atomic E-state index is 11.1. The fourth-order valence-corrected chi connectivity index (χ4v) is 1.62. The predicted octanol–water partition coefficient (Wildman–Crippen LogP) is 2.02. The van der Waals surface area contributed by atoms with Crippen molar-refractivity contribution in [3.8, 4) is 5.75 Å². The minimum Gasteiger partial charge on any atom is -0.489 e. The molecule has 17 heavy (non-hydrogen) atoms. The first kappa shape index (κ1) is 11.9. The van der Waals surface area contributed by atoms with Crippen molar-refractivity contribution < 1.29 is 9.53 Å². The molecule has 2 N–H and O–H groups in total. The van der Waals surface area contributed by atoms with E-state index in [2.05, 4.69) is 25.8 Å². The molecule has 0 radical (unpaired) electrons. The number of carbonyl (C=O) groups is 1. The van der Waals surface area contributed by atoms with Gasteiger partial charge >= 0.3 is 0 Å². The van der Waals surface area contributed by atoms with Gasteiger partial charge in [-0.1, -0.05) is 20.8 Å². The number of pyridine rings is 1. The second kappa shape index (κ2) is 4.02. The number of rotatable bonds is 3. The average molecular weight is 234 g/mol. The van der Waals surface area contributed by atoms with Gasteiger partial charge < -0.3 is 10.5 Å². The molecule has 1 fully saturated rings. The van der Waals surface area contributed by atoms with Crippen molar-refractivity contribution in [3.63, 3.8) is 0 Å². The number of hydrogen-bond donors (Lipinski definition) is 1. The Kier molecular flexibility index (Phi) is 2.81. The lowest BCUT2D eigenvalue weighted by Gasteiger charge is -2.22. The Morgan fingerprint density at radius 1 is 1.47 bits per heavy atom. The zero-order valence-corrected chi connectivity index (χ0v) is 10.5. The van der Waals surface area contributed by atoms with Crippen LogP contribution in [0.2, 0.25) is 0 Å². The van der Waals surface area contributed by atoms with Gasteiger partial charge in [0, 0.05) is 5.56 Å². The standard InChI is InChI=1S/C13H18N2O2/c1-13(2,3)9-6-10(12(14)16)15-7-11(9)17-8-4-5-8/h6-8H,4-5H2,1-3H3,(H2,14,16). The maximum Gasteiger partial charge on any atom is 0.267 e. The van der Waals surface area contributed by atoms with Crippen molar-refractivity contribution in [2.24, 2.45) is 5.73 Å². The second-order valence-corrected chi connectivity index (χ2v) is 5.50. The summed E-state index contributed by atoms with van der Waals surface area (Å²) in [5.74, 6) is 0.262. The molecule has 4 heteroatoms. The summed E-state index contributed by atoms with van der Waals surface area (Å²) in [7, 11) is 0. The van der Waals surface area contributed by atoms with E-state index in [0.717, 1.165) is 24.2 Å². The predicted molar refractivity (Wildman–Crippen MR) is 65.1 cm³/mol. The zero-order chi connectivity index (χ0) is 12.6. The summed E-state index contributed by atoms with van der Waals surface area (Å²) in [5.41, 5.74) is 6.42. The molecule has 0 saturated heterocycles. The summed E-state index contributed by atoms with van der Waals surface area (Å²) in [6, 6.07) is 1.74. The van der Waals surface area contributed by atoms with Crippen molar-refractivity contribution >= 4 is 5.91 Å². The van der Waals surface area contributed by atoms with Gasteiger partial charge in [0.05, 0.1) is 12.3 Å². The SMILES string of the molecule is CC(C)(C)c1cc(C(N)=O)ncc1OC1CC1. The van der Waals surface area contributed by atoms with Gasteiger partial charge in [0.2, 0.25) is 0 Å². The molecule has 92 valence electrons. The van der Waals surface area contributed by atoms with Crippen LogP contribution in [-0.4, -0.2) is 17.0 Å². The summed E-state index contributed by atoms with van der Waals surface area (Å²) in [6.07, 6.45) is 4.12. The number of nitrogens with two attached hydrogens (primary N) is 1. The van der Waals surface area contributed by atoms with Gasteiger partial charge in [-0.2, -0.15) is 0 Å². The molecule has 1 saturated carbocycles. The molecule has 0 spiro atoms. The van der Waals surface area contributed by atoms with Crippen LogP contribution in [0.1, 0.15) is 49.7 Å². The molecule has 1 aromatic rings. The molecule has 0 bridgehead atoms. The molecule has 4 nitrogen and oxygen atoms in total. The Morgan fingerprint density at radius 3 is 2.59 bits per heavy atom. The van der Waals surface area contributed by atoms with Gasteiger partial charge in [-0.15, -0.1) is 0 Å². The Morgan fingerprint density at radius 2 is 2.12 bits per heavy atom. The third-order valence-corrected chi connectivity index (χ3v) is 2.75. The van der Waals surface area contributed by atoms with Crippen LogP contribution in [0.3, 0.4) is 0 Å². The Hall–Kier alpha value is -1.58. The van der Waals surface area contributed by atoms with Gasteiger partial charge in [-0.05, 0) is 24.3 Å². The van der Waals surface area contributed by atoms with Crippen LogP contribution in [0.5, 0.6) is 5.75 Å². The van der Waals surface area contributed by atoms with E-state index in [1.165, 1.54) is 0 Å². The molecule has 1 aliphatic carbocycles. The second-order valence-electron chi connectivity index (χ2n) is 5.50. The Bertz CT molecular complexity index is 445. The van der Waals surface area contributed by atoms with Gasteiger partial charge in [0.25, 0.3) is 5.91 Å². The van der Waals surface area contributed by atoms with Crippen LogP contribution in [0, 0.1) is 0 Å². The molecule has 0 aromatic carbocycles. The van der Waals surface area contributed by atoms with Crippen LogP contribution in [0.15, 0.2) is 12.3 Å². The highest BCUT2D eigenvalue weighted by Crippen LogP contribution is 2.35. The molecule has 1 aliphatic rings. The fraction of sp³-hybridized carbons (Fsp3) is 0.538. The zero-order valence-electron chi connectivity index (χ0n) is 10.5. The van der Waals surface area contributed by atoms with Crippen LogP contribution in [-0.2, 0) is 5.41 Å². The van der Waals surface area contributed by atoms with Crippen LogP contribution >= 0.6 is 0 Å². The molecule has 1 aromatic heterocycles. The third kappa shape index (κ3) is 2.75. The van der Waals surface area contributed by atoms with Gasteiger partial charge in [-0.3, -0.25) is 4.79 Å². The van der Waals surface area contributed by atoms with E-state index in [9.17, 15) is 4.79 Å². The normalized spacial score (nSPS) is 15.7. The molecular formula is C13H18N2O2. The minimum absolute atomic E-state index is 0.0998. The number of primary amides is 1. The fourth-order valence-electron chi connectivity index (χ4n) is 1.62. The van der Waals surface area contributed by atoms with Gasteiger partial charge in [0.15, 0.2) is 0 Å². The molecule has 1 amide bonds. The van der Waals surface area contributed by atoms with Crippen LogP contribution in [0.4, 0.5) is 0 Å². The Balaban J connectivity index is 2.39. The monoisotopic (exact) mass is 234 g/mol. The van der Waals surface area contributed by atoms with Crippen molar-refractivity contribution in [1.82, 2.24) is 4.98 Å². The number of ether oxygens (including phenoxy) is 1. The summed E-state index contributed by atoms with van der Waals surface area (Å²) >= 11 is 0. The molecule has 0 unspecified atom stereocenters. The molecule has 0 aliphatic heterocycles. The lowest BCUT2D eigenvalue weighted by atomic mass is 9.86. The highest BCUT2D eigenvalue weighted by Gasteiger charge is 2.28. The van der Waals surface area contributed by atoms with Crippen LogP contribution < -0.4 is 10.5 Å². The number of hydrogen-bond acceptors (Lipinski definition) is 3. The first-order valence-corrected chi connectivity index (χ1v) is 5.85. The third-order valence-electron chi connectivity index (χ3n) is 2.75. The number of nitrogens with zero attached hydrogens (tertiary/aromatic N) is 1.